The standard InChI is InChI=1S/C19H28N2O4/c1-20-16(22)11-25-17(23)15-3-2-4-21(15)18(24)19-8-12-5-13(9-19)7-14(6-12)10-19/h12-15H,2-11H2,1H3,(H,20,22)/t12?,13?,14?,15-,19?/m0/s1. The second kappa shape index (κ2) is 6.29. The molecule has 0 aromatic rings. The number of likely N-dealkylation sites (N-methyl/N-ethyl adjacent to an activating group) is 1. The molecule has 1 N–H and O–H groups in total. The zero-order valence-corrected chi connectivity index (χ0v) is 15.0. The molecule has 5 rings (SSSR count). The maximum Gasteiger partial charge on any atom is 0.329 e. The number of carbonyl (C=O) groups is 3. The Kier molecular flexibility index (Phi) is 4.24. The fraction of sp³-hybridized carbons (Fsp3) is 0.842. The van der Waals surface area contributed by atoms with E-state index in [2.05, 4.69) is 5.32 Å². The van der Waals surface area contributed by atoms with Gasteiger partial charge in [-0.05, 0) is 69.1 Å². The van der Waals surface area contributed by atoms with Crippen molar-refractivity contribution in [3.8, 4) is 0 Å². The molecule has 0 aromatic carbocycles. The highest BCUT2D eigenvalue weighted by molar-refractivity contribution is 5.90. The smallest absolute Gasteiger partial charge is 0.329 e. The second-order valence-electron chi connectivity index (χ2n) is 8.64. The first-order chi connectivity index (χ1) is 12.0. The topological polar surface area (TPSA) is 75.7 Å². The van der Waals surface area contributed by atoms with Crippen LogP contribution in [0.4, 0.5) is 0 Å². The number of ether oxygens (including phenoxy) is 1. The van der Waals surface area contributed by atoms with Crippen LogP contribution in [0, 0.1) is 23.2 Å². The van der Waals surface area contributed by atoms with E-state index >= 15 is 0 Å². The molecule has 1 aliphatic heterocycles. The first-order valence-corrected chi connectivity index (χ1v) is 9.69. The fourth-order valence-electron chi connectivity index (χ4n) is 6.24. The number of likely N-dealkylation sites (tertiary alicyclic amines) is 1. The molecular formula is C19H28N2O4. The molecular weight excluding hydrogens is 320 g/mol. The molecule has 2 amide bonds. The number of hydrogen-bond donors (Lipinski definition) is 1. The van der Waals surface area contributed by atoms with Gasteiger partial charge in [-0.25, -0.2) is 4.79 Å². The summed E-state index contributed by atoms with van der Waals surface area (Å²) in [4.78, 5) is 38.9. The number of nitrogens with zero attached hydrogens (tertiary/aromatic N) is 1. The number of carbonyl (C=O) groups excluding carboxylic acids is 3. The number of esters is 1. The van der Waals surface area contributed by atoms with Crippen molar-refractivity contribution in [3.05, 3.63) is 0 Å². The zero-order chi connectivity index (χ0) is 17.6. The maximum atomic E-state index is 13.4. The lowest BCUT2D eigenvalue weighted by molar-refractivity contribution is -0.166. The van der Waals surface area contributed by atoms with Crippen LogP contribution in [0.5, 0.6) is 0 Å². The Balaban J connectivity index is 1.46. The van der Waals surface area contributed by atoms with Gasteiger partial charge in [0.05, 0.1) is 5.41 Å². The Morgan fingerprint density at radius 1 is 1.08 bits per heavy atom. The van der Waals surface area contributed by atoms with Crippen LogP contribution < -0.4 is 5.32 Å². The van der Waals surface area contributed by atoms with E-state index in [9.17, 15) is 14.4 Å². The second-order valence-corrected chi connectivity index (χ2v) is 8.64. The van der Waals surface area contributed by atoms with Gasteiger partial charge in [-0.2, -0.15) is 0 Å². The molecule has 4 saturated carbocycles. The first-order valence-electron chi connectivity index (χ1n) is 9.69. The van der Waals surface area contributed by atoms with Gasteiger partial charge in [0.2, 0.25) is 5.91 Å². The molecule has 4 aliphatic carbocycles. The number of amides is 2. The van der Waals surface area contributed by atoms with Crippen molar-refractivity contribution >= 4 is 17.8 Å². The van der Waals surface area contributed by atoms with Gasteiger partial charge in [-0.3, -0.25) is 9.59 Å². The minimum Gasteiger partial charge on any atom is -0.454 e. The number of rotatable bonds is 4. The SMILES string of the molecule is CNC(=O)COC(=O)[C@@H]1CCCN1C(=O)C12CC3CC(CC(C3)C1)C2. The largest absolute Gasteiger partial charge is 0.454 e. The van der Waals surface area contributed by atoms with Crippen molar-refractivity contribution in [3.63, 3.8) is 0 Å². The summed E-state index contributed by atoms with van der Waals surface area (Å²) < 4.78 is 5.13. The molecule has 25 heavy (non-hydrogen) atoms. The Bertz CT molecular complexity index is 553. The van der Waals surface area contributed by atoms with Crippen molar-refractivity contribution < 1.29 is 19.1 Å². The van der Waals surface area contributed by atoms with E-state index in [0.29, 0.717) is 30.7 Å². The summed E-state index contributed by atoms with van der Waals surface area (Å²) in [6, 6.07) is -0.509. The van der Waals surface area contributed by atoms with Crippen LogP contribution in [0.1, 0.15) is 51.4 Å². The van der Waals surface area contributed by atoms with E-state index in [1.807, 2.05) is 0 Å². The zero-order valence-electron chi connectivity index (χ0n) is 15.0. The minimum atomic E-state index is -0.509. The monoisotopic (exact) mass is 348 g/mol. The highest BCUT2D eigenvalue weighted by Crippen LogP contribution is 2.60. The molecule has 1 atom stereocenters. The van der Waals surface area contributed by atoms with Gasteiger partial charge in [-0.1, -0.05) is 0 Å². The van der Waals surface area contributed by atoms with Crippen molar-refractivity contribution in [2.24, 2.45) is 23.2 Å². The molecule has 0 aromatic heterocycles. The van der Waals surface area contributed by atoms with Crippen molar-refractivity contribution in [1.82, 2.24) is 10.2 Å². The molecule has 4 bridgehead atoms. The van der Waals surface area contributed by atoms with Crippen molar-refractivity contribution in [2.75, 3.05) is 20.2 Å². The summed E-state index contributed by atoms with van der Waals surface area (Å²) in [6.07, 6.45) is 8.39. The van der Waals surface area contributed by atoms with Crippen LogP contribution in [-0.2, 0) is 19.1 Å². The molecule has 1 saturated heterocycles. The van der Waals surface area contributed by atoms with Crippen LogP contribution in [-0.4, -0.2) is 48.9 Å². The predicted molar refractivity (Wildman–Crippen MR) is 90.4 cm³/mol. The van der Waals surface area contributed by atoms with E-state index < -0.39 is 12.0 Å². The average molecular weight is 348 g/mol. The van der Waals surface area contributed by atoms with Gasteiger partial charge in [0.15, 0.2) is 6.61 Å². The quantitative estimate of drug-likeness (QED) is 0.781. The van der Waals surface area contributed by atoms with Gasteiger partial charge in [0.25, 0.3) is 5.91 Å². The van der Waals surface area contributed by atoms with E-state index in [-0.39, 0.29) is 23.8 Å². The summed E-state index contributed by atoms with van der Waals surface area (Å²) in [5.41, 5.74) is -0.224. The Hall–Kier alpha value is -1.59. The fourth-order valence-corrected chi connectivity index (χ4v) is 6.24. The highest BCUT2D eigenvalue weighted by Gasteiger charge is 2.56. The lowest BCUT2D eigenvalue weighted by Gasteiger charge is -2.56. The van der Waals surface area contributed by atoms with Crippen LogP contribution in [0.2, 0.25) is 0 Å². The third kappa shape index (κ3) is 2.93. The summed E-state index contributed by atoms with van der Waals surface area (Å²) in [7, 11) is 1.51. The Morgan fingerprint density at radius 2 is 1.68 bits per heavy atom. The third-order valence-corrected chi connectivity index (χ3v) is 6.90. The van der Waals surface area contributed by atoms with Crippen molar-refractivity contribution in [1.29, 1.82) is 0 Å². The van der Waals surface area contributed by atoms with Gasteiger partial charge in [0.1, 0.15) is 6.04 Å². The normalized spacial score (nSPS) is 38.7. The van der Waals surface area contributed by atoms with Gasteiger partial charge >= 0.3 is 5.97 Å². The van der Waals surface area contributed by atoms with Gasteiger partial charge < -0.3 is 15.0 Å². The van der Waals surface area contributed by atoms with Gasteiger partial charge in [0, 0.05) is 13.6 Å². The summed E-state index contributed by atoms with van der Waals surface area (Å²) in [5, 5.41) is 2.44. The summed E-state index contributed by atoms with van der Waals surface area (Å²) in [6.45, 7) is 0.367. The first kappa shape index (κ1) is 16.9. The summed E-state index contributed by atoms with van der Waals surface area (Å²) in [5.74, 6) is 1.54. The van der Waals surface area contributed by atoms with Crippen LogP contribution >= 0.6 is 0 Å². The molecule has 5 aliphatic rings. The molecule has 6 heteroatoms. The molecule has 0 unspecified atom stereocenters. The van der Waals surface area contributed by atoms with Gasteiger partial charge in [-0.15, -0.1) is 0 Å². The molecule has 0 radical (unpaired) electrons. The molecule has 1 heterocycles. The maximum absolute atomic E-state index is 13.4. The molecule has 6 nitrogen and oxygen atoms in total. The van der Waals surface area contributed by atoms with E-state index in [1.165, 1.54) is 26.3 Å². The Labute approximate surface area is 148 Å². The lowest BCUT2D eigenvalue weighted by atomic mass is 9.49. The third-order valence-electron chi connectivity index (χ3n) is 6.90. The van der Waals surface area contributed by atoms with E-state index in [4.69, 9.17) is 4.74 Å². The average Bonchev–Trinajstić information content (AvgIpc) is 3.07. The number of nitrogens with one attached hydrogen (secondary N) is 1. The predicted octanol–water partition coefficient (Wildman–Crippen LogP) is 1.48. The van der Waals surface area contributed by atoms with E-state index in [0.717, 1.165) is 25.7 Å². The van der Waals surface area contributed by atoms with Crippen molar-refractivity contribution in [2.45, 2.75) is 57.4 Å². The molecule has 138 valence electrons. The Morgan fingerprint density at radius 3 is 2.24 bits per heavy atom. The van der Waals surface area contributed by atoms with Crippen LogP contribution in [0.25, 0.3) is 0 Å². The molecule has 5 fully saturated rings. The minimum absolute atomic E-state index is 0.186. The lowest BCUT2D eigenvalue weighted by Crippen LogP contribution is -2.56. The van der Waals surface area contributed by atoms with E-state index in [1.54, 1.807) is 4.90 Å². The summed E-state index contributed by atoms with van der Waals surface area (Å²) >= 11 is 0. The van der Waals surface area contributed by atoms with Crippen LogP contribution in [0.3, 0.4) is 0 Å². The molecule has 0 spiro atoms. The van der Waals surface area contributed by atoms with Crippen LogP contribution in [0.15, 0.2) is 0 Å². The number of hydrogen-bond acceptors (Lipinski definition) is 4. The highest BCUT2D eigenvalue weighted by atomic mass is 16.5.